The second kappa shape index (κ2) is 9.33. The summed E-state index contributed by atoms with van der Waals surface area (Å²) >= 11 is 1.59. The molecule has 4 atom stereocenters. The first kappa shape index (κ1) is 22.8. The molecule has 2 N–H and O–H groups in total. The molecule has 2 aromatic rings. The molecule has 34 heavy (non-hydrogen) atoms. The minimum absolute atomic E-state index is 0.0158. The zero-order valence-corrected chi connectivity index (χ0v) is 19.8. The van der Waals surface area contributed by atoms with Gasteiger partial charge < -0.3 is 20.1 Å². The van der Waals surface area contributed by atoms with Crippen LogP contribution in [0.25, 0.3) is 11.1 Å². The molecule has 2 saturated heterocycles. The summed E-state index contributed by atoms with van der Waals surface area (Å²) in [6.07, 6.45) is 2.52. The number of aliphatic carboxylic acids is 1. The molecule has 2 heterocycles. The number of thioether (sulfide) groups is 1. The molecule has 0 spiro atoms. The van der Waals surface area contributed by atoms with E-state index in [-0.39, 0.29) is 30.4 Å². The van der Waals surface area contributed by atoms with Gasteiger partial charge in [0, 0.05) is 18.5 Å². The van der Waals surface area contributed by atoms with Crippen molar-refractivity contribution in [1.29, 1.82) is 0 Å². The molecule has 6 rings (SSSR count). The maximum atomic E-state index is 13.2. The Kier molecular flexibility index (Phi) is 6.25. The van der Waals surface area contributed by atoms with E-state index in [0.29, 0.717) is 18.7 Å². The molecule has 7 nitrogen and oxygen atoms in total. The van der Waals surface area contributed by atoms with Crippen molar-refractivity contribution >= 4 is 29.7 Å². The summed E-state index contributed by atoms with van der Waals surface area (Å²) in [5.74, 6) is -0.882. The predicted octanol–water partition coefficient (Wildman–Crippen LogP) is 3.58. The van der Waals surface area contributed by atoms with Gasteiger partial charge in [0.1, 0.15) is 12.6 Å². The van der Waals surface area contributed by atoms with Crippen LogP contribution in [-0.4, -0.2) is 65.2 Å². The lowest BCUT2D eigenvalue weighted by atomic mass is 9.74. The Morgan fingerprint density at radius 2 is 1.76 bits per heavy atom. The second-order valence-corrected chi connectivity index (χ2v) is 10.2. The van der Waals surface area contributed by atoms with E-state index in [4.69, 9.17) is 4.74 Å². The molecule has 2 bridgehead atoms. The zero-order valence-electron chi connectivity index (χ0n) is 19.0. The average Bonchev–Trinajstić information content (AvgIpc) is 3.50. The minimum Gasteiger partial charge on any atom is -0.481 e. The Morgan fingerprint density at radius 3 is 2.35 bits per heavy atom. The summed E-state index contributed by atoms with van der Waals surface area (Å²) in [6.45, 7) is 0.626. The van der Waals surface area contributed by atoms with E-state index >= 15 is 0 Å². The van der Waals surface area contributed by atoms with Gasteiger partial charge in [-0.25, -0.2) is 4.79 Å². The highest BCUT2D eigenvalue weighted by atomic mass is 32.2. The maximum absolute atomic E-state index is 13.2. The second-order valence-electron chi connectivity index (χ2n) is 9.22. The van der Waals surface area contributed by atoms with E-state index in [2.05, 4.69) is 29.6 Å². The number of carbonyl (C=O) groups is 3. The number of hydrogen-bond acceptors (Lipinski definition) is 5. The van der Waals surface area contributed by atoms with Gasteiger partial charge in [0.15, 0.2) is 0 Å². The van der Waals surface area contributed by atoms with Crippen LogP contribution in [-0.2, 0) is 14.3 Å². The Labute approximate surface area is 202 Å². The highest BCUT2D eigenvalue weighted by Crippen LogP contribution is 2.47. The van der Waals surface area contributed by atoms with Gasteiger partial charge >= 0.3 is 12.1 Å². The van der Waals surface area contributed by atoms with Gasteiger partial charge in [0.05, 0.1) is 5.92 Å². The van der Waals surface area contributed by atoms with Crippen molar-refractivity contribution in [3.05, 3.63) is 59.7 Å². The summed E-state index contributed by atoms with van der Waals surface area (Å²) < 4.78 is 5.64. The molecule has 3 fully saturated rings. The van der Waals surface area contributed by atoms with Crippen molar-refractivity contribution in [2.45, 2.75) is 30.8 Å². The molecule has 2 amide bonds. The molecule has 2 aromatic carbocycles. The van der Waals surface area contributed by atoms with Crippen LogP contribution in [0.1, 0.15) is 29.9 Å². The lowest BCUT2D eigenvalue weighted by Gasteiger charge is -2.34. The third-order valence-electron chi connectivity index (χ3n) is 7.41. The quantitative estimate of drug-likeness (QED) is 0.600. The van der Waals surface area contributed by atoms with E-state index in [1.807, 2.05) is 30.5 Å². The van der Waals surface area contributed by atoms with Gasteiger partial charge in [-0.05, 0) is 53.0 Å². The van der Waals surface area contributed by atoms with Crippen molar-refractivity contribution in [3.8, 4) is 11.1 Å². The first-order valence-electron chi connectivity index (χ1n) is 11.6. The van der Waals surface area contributed by atoms with Crippen LogP contribution in [0, 0.1) is 11.8 Å². The summed E-state index contributed by atoms with van der Waals surface area (Å²) in [7, 11) is 0. The highest BCUT2D eigenvalue weighted by Gasteiger charge is 2.57. The number of alkyl carbamates (subject to hydrolysis) is 1. The molecule has 178 valence electrons. The molecule has 0 radical (unpaired) electrons. The number of carboxylic acid groups (broad SMARTS) is 1. The normalized spacial score (nSPS) is 23.0. The van der Waals surface area contributed by atoms with Crippen LogP contribution < -0.4 is 5.32 Å². The zero-order chi connectivity index (χ0) is 23.8. The molecule has 4 unspecified atom stereocenters. The maximum Gasteiger partial charge on any atom is 0.407 e. The standard InChI is InChI=1S/C26H28N2O5S/c1-34-11-10-21(24(29)28-13-15-12-22(28)23(15)25(30)31)27-26(32)33-14-20-18-8-4-2-6-16(18)17-7-3-5-9-19(17)20/h2-9,15,20-23H,10-14H2,1H3,(H,27,32)(H,30,31). The number of nitrogens with one attached hydrogen (secondary N) is 1. The molecular weight excluding hydrogens is 452 g/mol. The fourth-order valence-corrected chi connectivity index (χ4v) is 6.19. The monoisotopic (exact) mass is 480 g/mol. The molecule has 1 saturated carbocycles. The molecule has 2 aliphatic heterocycles. The van der Waals surface area contributed by atoms with Crippen molar-refractivity contribution in [1.82, 2.24) is 10.2 Å². The molecule has 8 heteroatoms. The first-order chi connectivity index (χ1) is 16.5. The van der Waals surface area contributed by atoms with Crippen LogP contribution in [0.2, 0.25) is 0 Å². The summed E-state index contributed by atoms with van der Waals surface area (Å²) in [4.78, 5) is 39.1. The number of amides is 2. The van der Waals surface area contributed by atoms with E-state index < -0.39 is 24.0 Å². The number of fused-ring (bicyclic) bond motifs is 4. The topological polar surface area (TPSA) is 95.9 Å². The summed E-state index contributed by atoms with van der Waals surface area (Å²) in [5.41, 5.74) is 4.56. The predicted molar refractivity (Wildman–Crippen MR) is 130 cm³/mol. The Bertz CT molecular complexity index is 1080. The van der Waals surface area contributed by atoms with Crippen LogP contribution in [0.4, 0.5) is 4.79 Å². The van der Waals surface area contributed by atoms with Gasteiger partial charge in [-0.15, -0.1) is 0 Å². The minimum atomic E-state index is -0.846. The number of ether oxygens (including phenoxy) is 1. The molecule has 4 aliphatic rings. The first-order valence-corrected chi connectivity index (χ1v) is 13.0. The Balaban J connectivity index is 1.24. The number of hydrogen-bond donors (Lipinski definition) is 2. The fraction of sp³-hybridized carbons (Fsp3) is 0.423. The lowest BCUT2D eigenvalue weighted by Crippen LogP contribution is -2.52. The van der Waals surface area contributed by atoms with Crippen LogP contribution in [0.5, 0.6) is 0 Å². The number of nitrogens with zero attached hydrogens (tertiary/aromatic N) is 1. The van der Waals surface area contributed by atoms with E-state index in [1.165, 1.54) is 0 Å². The van der Waals surface area contributed by atoms with Crippen molar-refractivity contribution in [3.63, 3.8) is 0 Å². The van der Waals surface area contributed by atoms with Gasteiger partial charge in [-0.3, -0.25) is 9.59 Å². The largest absolute Gasteiger partial charge is 0.481 e. The number of carbonyl (C=O) groups excluding carboxylic acids is 2. The van der Waals surface area contributed by atoms with Crippen LogP contribution in [0.3, 0.4) is 0 Å². The fourth-order valence-electron chi connectivity index (χ4n) is 5.71. The molecule has 0 aromatic heterocycles. The summed E-state index contributed by atoms with van der Waals surface area (Å²) in [5, 5.41) is 12.2. The van der Waals surface area contributed by atoms with Crippen molar-refractivity contribution in [2.24, 2.45) is 11.8 Å². The smallest absolute Gasteiger partial charge is 0.407 e. The van der Waals surface area contributed by atoms with Crippen molar-refractivity contribution in [2.75, 3.05) is 25.2 Å². The van der Waals surface area contributed by atoms with E-state index in [9.17, 15) is 19.5 Å². The molecule has 2 aliphatic carbocycles. The number of benzene rings is 2. The van der Waals surface area contributed by atoms with Gasteiger partial charge in [0.25, 0.3) is 0 Å². The third-order valence-corrected chi connectivity index (χ3v) is 8.05. The highest BCUT2D eigenvalue weighted by molar-refractivity contribution is 7.98. The van der Waals surface area contributed by atoms with Gasteiger partial charge in [0.2, 0.25) is 5.91 Å². The van der Waals surface area contributed by atoms with E-state index in [0.717, 1.165) is 28.7 Å². The summed E-state index contributed by atoms with van der Waals surface area (Å²) in [6, 6.07) is 15.3. The Morgan fingerprint density at radius 1 is 1.12 bits per heavy atom. The SMILES string of the molecule is CSCCC(NC(=O)OCC1c2ccccc2-c2ccccc21)C(=O)N1CC2CC1C2C(=O)O. The third kappa shape index (κ3) is 3.94. The van der Waals surface area contributed by atoms with E-state index in [1.54, 1.807) is 16.7 Å². The molecular formula is C26H28N2O5S. The van der Waals surface area contributed by atoms with Crippen LogP contribution in [0.15, 0.2) is 48.5 Å². The Hall–Kier alpha value is -3.00. The van der Waals surface area contributed by atoms with Crippen LogP contribution >= 0.6 is 11.8 Å². The van der Waals surface area contributed by atoms with Crippen molar-refractivity contribution < 1.29 is 24.2 Å². The lowest BCUT2D eigenvalue weighted by molar-refractivity contribution is -0.148. The van der Waals surface area contributed by atoms with Gasteiger partial charge in [-0.1, -0.05) is 48.5 Å². The van der Waals surface area contributed by atoms with Gasteiger partial charge in [-0.2, -0.15) is 11.8 Å². The average molecular weight is 481 g/mol. The number of rotatable bonds is 8. The number of carboxylic acids is 1.